The smallest absolute Gasteiger partial charge is 0.208 e. The Kier molecular flexibility index (Phi) is 6.59. The Morgan fingerprint density at radius 3 is 2.39 bits per heavy atom. The van der Waals surface area contributed by atoms with E-state index in [1.807, 2.05) is 23.7 Å². The average Bonchev–Trinajstić information content (AvgIpc) is 3.52. The van der Waals surface area contributed by atoms with E-state index in [4.69, 9.17) is 10.7 Å². The average molecular weight is 554 g/mol. The van der Waals surface area contributed by atoms with Crippen molar-refractivity contribution in [2.75, 3.05) is 44.3 Å². The van der Waals surface area contributed by atoms with E-state index in [0.717, 1.165) is 59.3 Å². The van der Waals surface area contributed by atoms with Gasteiger partial charge >= 0.3 is 0 Å². The molecule has 41 heavy (non-hydrogen) atoms. The van der Waals surface area contributed by atoms with Gasteiger partial charge < -0.3 is 25.1 Å². The van der Waals surface area contributed by atoms with Crippen LogP contribution in [0.5, 0.6) is 0 Å². The van der Waals surface area contributed by atoms with Gasteiger partial charge in [-0.15, -0.1) is 0 Å². The van der Waals surface area contributed by atoms with Gasteiger partial charge in [-0.3, -0.25) is 4.90 Å². The maximum absolute atomic E-state index is 13.7. The van der Waals surface area contributed by atoms with Crippen molar-refractivity contribution in [2.24, 2.45) is 7.05 Å². The van der Waals surface area contributed by atoms with Crippen LogP contribution >= 0.6 is 0 Å². The Hall–Kier alpha value is -4.02. The van der Waals surface area contributed by atoms with Gasteiger partial charge in [-0.1, -0.05) is 12.1 Å². The molecule has 3 N–H and O–H groups in total. The van der Waals surface area contributed by atoms with E-state index in [1.165, 1.54) is 38.1 Å². The highest BCUT2D eigenvalue weighted by atomic mass is 19.1. The summed E-state index contributed by atoms with van der Waals surface area (Å²) in [4.78, 5) is 18.7. The summed E-state index contributed by atoms with van der Waals surface area (Å²) < 4.78 is 17.9. The first-order valence-electron chi connectivity index (χ1n) is 14.5. The number of aromatic nitrogens is 5. The van der Waals surface area contributed by atoms with Crippen LogP contribution < -0.4 is 11.1 Å². The molecule has 2 aromatic carbocycles. The largest absolute Gasteiger partial charge is 0.383 e. The van der Waals surface area contributed by atoms with Crippen molar-refractivity contribution in [1.82, 2.24) is 33.9 Å². The highest BCUT2D eigenvalue weighted by Gasteiger charge is 2.30. The number of nitrogens with two attached hydrogens (primary N) is 1. The molecule has 1 aliphatic carbocycles. The SMILES string of the molecule is CN1CCN([C@H]2CC[C@@H](n3cc(-c4ccc(Nc5nc6cc(F)ccc6n5C)cc4)c4c(N)ncnc43)CC2)CC1. The fraction of sp³-hybridized carbons (Fsp3) is 0.387. The third-order valence-corrected chi connectivity index (χ3v) is 9.05. The lowest BCUT2D eigenvalue weighted by Gasteiger charge is -2.41. The lowest BCUT2D eigenvalue weighted by atomic mass is 9.89. The summed E-state index contributed by atoms with van der Waals surface area (Å²) in [7, 11) is 4.13. The summed E-state index contributed by atoms with van der Waals surface area (Å²) >= 11 is 0. The molecular weight excluding hydrogens is 517 g/mol. The molecule has 0 amide bonds. The molecule has 0 atom stereocenters. The molecule has 7 rings (SSSR count). The van der Waals surface area contributed by atoms with E-state index >= 15 is 0 Å². The summed E-state index contributed by atoms with van der Waals surface area (Å²) in [6.45, 7) is 4.67. The molecular formula is C31H36FN9. The number of hydrogen-bond donors (Lipinski definition) is 2. The van der Waals surface area contributed by atoms with Crippen LogP contribution in [0.2, 0.25) is 0 Å². The van der Waals surface area contributed by atoms with Crippen molar-refractivity contribution >= 4 is 39.5 Å². The number of piperazine rings is 1. The van der Waals surface area contributed by atoms with Crippen LogP contribution in [0.15, 0.2) is 55.0 Å². The van der Waals surface area contributed by atoms with Crippen molar-refractivity contribution in [3.05, 3.63) is 60.8 Å². The zero-order chi connectivity index (χ0) is 28.1. The Bertz CT molecular complexity index is 1690. The summed E-state index contributed by atoms with van der Waals surface area (Å²) in [5, 5.41) is 4.28. The number of fused-ring (bicyclic) bond motifs is 2. The van der Waals surface area contributed by atoms with E-state index in [9.17, 15) is 4.39 Å². The predicted octanol–water partition coefficient (Wildman–Crippen LogP) is 5.18. The Balaban J connectivity index is 1.13. The van der Waals surface area contributed by atoms with Gasteiger partial charge in [0, 0.05) is 68.8 Å². The normalized spacial score (nSPS) is 20.7. The number of rotatable bonds is 5. The van der Waals surface area contributed by atoms with Crippen LogP contribution in [0.25, 0.3) is 33.2 Å². The van der Waals surface area contributed by atoms with Crippen LogP contribution in [-0.4, -0.2) is 73.2 Å². The van der Waals surface area contributed by atoms with Crippen LogP contribution in [0.3, 0.4) is 0 Å². The minimum absolute atomic E-state index is 0.294. The Morgan fingerprint density at radius 1 is 0.902 bits per heavy atom. The molecule has 5 aromatic rings. The van der Waals surface area contributed by atoms with Crippen molar-refractivity contribution in [1.29, 1.82) is 0 Å². The van der Waals surface area contributed by atoms with E-state index < -0.39 is 0 Å². The summed E-state index contributed by atoms with van der Waals surface area (Å²) in [5.74, 6) is 0.862. The number of hydrogen-bond acceptors (Lipinski definition) is 7. The van der Waals surface area contributed by atoms with Crippen LogP contribution in [0.4, 0.5) is 21.8 Å². The quantitative estimate of drug-likeness (QED) is 0.310. The number of benzene rings is 2. The molecule has 9 nitrogen and oxygen atoms in total. The summed E-state index contributed by atoms with van der Waals surface area (Å²) in [6.07, 6.45) is 8.48. The first-order chi connectivity index (χ1) is 19.9. The van der Waals surface area contributed by atoms with Gasteiger partial charge in [0.25, 0.3) is 0 Å². The molecule has 0 bridgehead atoms. The van der Waals surface area contributed by atoms with Crippen molar-refractivity contribution < 1.29 is 4.39 Å². The van der Waals surface area contributed by atoms with Gasteiger partial charge in [-0.05, 0) is 62.6 Å². The lowest BCUT2D eigenvalue weighted by molar-refractivity contribution is 0.0828. The van der Waals surface area contributed by atoms with Gasteiger partial charge in [0.1, 0.15) is 23.6 Å². The van der Waals surface area contributed by atoms with Crippen molar-refractivity contribution in [3.63, 3.8) is 0 Å². The number of likely N-dealkylation sites (N-methyl/N-ethyl adjacent to an activating group) is 1. The van der Waals surface area contributed by atoms with E-state index in [2.05, 4.69) is 55.0 Å². The van der Waals surface area contributed by atoms with Gasteiger partial charge in [0.05, 0.1) is 16.4 Å². The van der Waals surface area contributed by atoms with Crippen LogP contribution in [-0.2, 0) is 7.05 Å². The zero-order valence-corrected chi connectivity index (χ0v) is 23.6. The number of anilines is 3. The second kappa shape index (κ2) is 10.4. The first-order valence-corrected chi connectivity index (χ1v) is 14.5. The fourth-order valence-corrected chi connectivity index (χ4v) is 6.64. The minimum atomic E-state index is -0.294. The van der Waals surface area contributed by atoms with Crippen molar-refractivity contribution in [3.8, 4) is 11.1 Å². The fourth-order valence-electron chi connectivity index (χ4n) is 6.64. The molecule has 2 aliphatic rings. The van der Waals surface area contributed by atoms with Crippen molar-refractivity contribution in [2.45, 2.75) is 37.8 Å². The standard InChI is InChI=1S/C31H36FN9/c1-38-13-15-40(16-14-38)23-8-10-24(11-9-23)41-18-25(28-29(33)34-19-35-30(28)41)20-3-6-22(7-4-20)36-31-37-26-17-21(32)5-12-27(26)39(31)2/h3-7,12,17-19,23-24H,8-11,13-16H2,1-2H3,(H,36,37)(H2,33,34,35)/t23-,24+. The number of halogens is 1. The molecule has 1 aliphatic heterocycles. The molecule has 3 aromatic heterocycles. The Morgan fingerprint density at radius 2 is 1.63 bits per heavy atom. The van der Waals surface area contributed by atoms with Gasteiger partial charge in [-0.25, -0.2) is 19.3 Å². The molecule has 4 heterocycles. The molecule has 212 valence electrons. The van der Waals surface area contributed by atoms with E-state index in [1.54, 1.807) is 12.4 Å². The molecule has 2 fully saturated rings. The molecule has 1 saturated heterocycles. The molecule has 0 unspecified atom stereocenters. The maximum Gasteiger partial charge on any atom is 0.208 e. The molecule has 10 heteroatoms. The van der Waals surface area contributed by atoms with Crippen LogP contribution in [0.1, 0.15) is 31.7 Å². The molecule has 1 saturated carbocycles. The number of aryl methyl sites for hydroxylation is 1. The molecule has 0 radical (unpaired) electrons. The van der Waals surface area contributed by atoms with Gasteiger partial charge in [0.15, 0.2) is 0 Å². The molecule has 0 spiro atoms. The second-order valence-corrected chi connectivity index (χ2v) is 11.5. The van der Waals surface area contributed by atoms with Gasteiger partial charge in [-0.2, -0.15) is 0 Å². The topological polar surface area (TPSA) is 93.1 Å². The minimum Gasteiger partial charge on any atom is -0.383 e. The van der Waals surface area contributed by atoms with Gasteiger partial charge in [0.2, 0.25) is 5.95 Å². The second-order valence-electron chi connectivity index (χ2n) is 11.5. The highest BCUT2D eigenvalue weighted by Crippen LogP contribution is 2.39. The first kappa shape index (κ1) is 25.9. The van der Waals surface area contributed by atoms with Crippen LogP contribution in [0, 0.1) is 5.82 Å². The number of nitrogens with zero attached hydrogens (tertiary/aromatic N) is 7. The predicted molar refractivity (Wildman–Crippen MR) is 162 cm³/mol. The number of nitrogens with one attached hydrogen (secondary N) is 1. The maximum atomic E-state index is 13.7. The zero-order valence-electron chi connectivity index (χ0n) is 23.6. The highest BCUT2D eigenvalue weighted by molar-refractivity contribution is 6.00. The van der Waals surface area contributed by atoms with E-state index in [0.29, 0.717) is 29.4 Å². The summed E-state index contributed by atoms with van der Waals surface area (Å²) in [6, 6.07) is 13.9. The Labute approximate surface area is 238 Å². The monoisotopic (exact) mass is 553 g/mol. The third kappa shape index (κ3) is 4.81. The lowest BCUT2D eigenvalue weighted by Crippen LogP contribution is -2.49. The summed E-state index contributed by atoms with van der Waals surface area (Å²) in [5.41, 5.74) is 11.8. The van der Waals surface area contributed by atoms with E-state index in [-0.39, 0.29) is 5.82 Å². The number of imidazole rings is 1. The number of nitrogen functional groups attached to an aromatic ring is 1. The third-order valence-electron chi connectivity index (χ3n) is 9.05.